The third-order valence-electron chi connectivity index (χ3n) is 7.27. The maximum absolute atomic E-state index is 14.0. The third-order valence-corrected chi connectivity index (χ3v) is 7.27. The first kappa shape index (κ1) is 31.6. The van der Waals surface area contributed by atoms with E-state index in [9.17, 15) is 28.8 Å². The lowest BCUT2D eigenvalue weighted by Crippen LogP contribution is -2.55. The summed E-state index contributed by atoms with van der Waals surface area (Å²) in [7, 11) is 0. The number of carbonyl (C=O) groups is 6. The maximum Gasteiger partial charge on any atom is 0.374 e. The van der Waals surface area contributed by atoms with Gasteiger partial charge in [-0.3, -0.25) is 28.9 Å². The molecule has 0 radical (unpaired) electrons. The van der Waals surface area contributed by atoms with Crippen molar-refractivity contribution in [2.45, 2.75) is 44.7 Å². The molecule has 0 aliphatic carbocycles. The summed E-state index contributed by atoms with van der Waals surface area (Å²) in [6.07, 6.45) is 1.13. The Bertz CT molecular complexity index is 1530. The van der Waals surface area contributed by atoms with Gasteiger partial charge in [-0.25, -0.2) is 4.79 Å². The van der Waals surface area contributed by atoms with Crippen LogP contribution in [0.1, 0.15) is 30.9 Å². The molecule has 228 valence electrons. The van der Waals surface area contributed by atoms with Gasteiger partial charge in [-0.2, -0.15) is 0 Å². The Hall–Kier alpha value is -5.32. The van der Waals surface area contributed by atoms with Crippen molar-refractivity contribution in [2.24, 2.45) is 0 Å². The smallest absolute Gasteiger partial charge is 0.374 e. The van der Waals surface area contributed by atoms with Crippen molar-refractivity contribution >= 4 is 46.8 Å². The van der Waals surface area contributed by atoms with Crippen molar-refractivity contribution in [3.8, 4) is 0 Å². The van der Waals surface area contributed by atoms with Crippen LogP contribution in [0, 0.1) is 0 Å². The van der Waals surface area contributed by atoms with Crippen molar-refractivity contribution in [3.63, 3.8) is 0 Å². The summed E-state index contributed by atoms with van der Waals surface area (Å²) in [5, 5.41) is 14.1. The minimum atomic E-state index is -1.70. The van der Waals surface area contributed by atoms with Crippen LogP contribution in [0.2, 0.25) is 0 Å². The average molecular weight is 599 g/mol. The molecule has 4 amide bonds. The molecule has 0 spiro atoms. The van der Waals surface area contributed by atoms with Gasteiger partial charge in [0.25, 0.3) is 11.7 Å². The fraction of sp³-hybridized carbons (Fsp3) is 0.273. The number of carboxylic acid groups (broad SMARTS) is 1. The molecular weight excluding hydrogens is 564 g/mol. The number of carboxylic acids is 1. The number of carbonyl (C=O) groups excluding carboxylic acids is 5. The highest BCUT2D eigenvalue weighted by Crippen LogP contribution is 2.33. The lowest BCUT2D eigenvalue weighted by atomic mass is 10.1. The Labute approximate surface area is 254 Å². The summed E-state index contributed by atoms with van der Waals surface area (Å²) in [5.74, 6) is -4.99. The molecule has 0 fully saturated rings. The van der Waals surface area contributed by atoms with E-state index >= 15 is 0 Å². The summed E-state index contributed by atoms with van der Waals surface area (Å²) in [4.78, 5) is 79.1. The van der Waals surface area contributed by atoms with Crippen LogP contribution in [0.15, 0.2) is 84.9 Å². The van der Waals surface area contributed by atoms with Crippen LogP contribution < -0.4 is 20.4 Å². The molecule has 1 aliphatic heterocycles. The predicted octanol–water partition coefficient (Wildman–Crippen LogP) is 2.27. The molecule has 0 saturated heterocycles. The van der Waals surface area contributed by atoms with Gasteiger partial charge in [0.15, 0.2) is 0 Å². The number of benzene rings is 3. The SMILES string of the molecule is CC(NC(=O)CN1C(=O)[C@@H](NC(=O)CCc2ccccc2)CN(C(=O)CCc2ccccc2)c2ccccc21)C(=O)C(=O)O. The number of Topliss-reactive ketones (excluding diaryl/α,β-unsaturated/α-hetero) is 1. The molecule has 1 heterocycles. The van der Waals surface area contributed by atoms with E-state index in [-0.39, 0.29) is 31.0 Å². The van der Waals surface area contributed by atoms with Crippen LogP contribution in [0.5, 0.6) is 0 Å². The van der Waals surface area contributed by atoms with Crippen LogP contribution in [-0.2, 0) is 41.6 Å². The first-order valence-electron chi connectivity index (χ1n) is 14.3. The number of anilines is 2. The number of fused-ring (bicyclic) bond motifs is 1. The summed E-state index contributed by atoms with van der Waals surface area (Å²) in [6, 6.07) is 23.0. The van der Waals surface area contributed by atoms with Gasteiger partial charge < -0.3 is 20.6 Å². The molecule has 11 nitrogen and oxygen atoms in total. The van der Waals surface area contributed by atoms with Gasteiger partial charge >= 0.3 is 5.97 Å². The minimum absolute atomic E-state index is 0.0952. The van der Waals surface area contributed by atoms with Crippen molar-refractivity contribution in [2.75, 3.05) is 22.9 Å². The second-order valence-electron chi connectivity index (χ2n) is 10.5. The van der Waals surface area contributed by atoms with Crippen molar-refractivity contribution in [3.05, 3.63) is 96.1 Å². The first-order chi connectivity index (χ1) is 21.1. The van der Waals surface area contributed by atoms with E-state index in [1.54, 1.807) is 24.3 Å². The van der Waals surface area contributed by atoms with E-state index in [1.165, 1.54) is 11.8 Å². The van der Waals surface area contributed by atoms with E-state index in [0.29, 0.717) is 18.5 Å². The highest BCUT2D eigenvalue weighted by Gasteiger charge is 2.37. The molecule has 3 aromatic carbocycles. The fourth-order valence-electron chi connectivity index (χ4n) is 4.97. The molecular formula is C33H34N4O7. The fourth-order valence-corrected chi connectivity index (χ4v) is 4.97. The number of rotatable bonds is 12. The number of hydrogen-bond donors (Lipinski definition) is 3. The van der Waals surface area contributed by atoms with Gasteiger partial charge in [-0.1, -0.05) is 72.8 Å². The number of amides is 4. The van der Waals surface area contributed by atoms with Crippen LogP contribution in [0.4, 0.5) is 11.4 Å². The van der Waals surface area contributed by atoms with Gasteiger partial charge in [0.1, 0.15) is 12.6 Å². The van der Waals surface area contributed by atoms with Gasteiger partial charge in [-0.05, 0) is 43.0 Å². The normalized spacial score (nSPS) is 15.0. The Morgan fingerprint density at radius 3 is 1.93 bits per heavy atom. The summed E-state index contributed by atoms with van der Waals surface area (Å²) < 4.78 is 0. The zero-order valence-electron chi connectivity index (χ0n) is 24.3. The van der Waals surface area contributed by atoms with Crippen LogP contribution >= 0.6 is 0 Å². The Balaban J connectivity index is 1.60. The van der Waals surface area contributed by atoms with Crippen molar-refractivity contribution in [1.29, 1.82) is 0 Å². The largest absolute Gasteiger partial charge is 0.475 e. The summed E-state index contributed by atoms with van der Waals surface area (Å²) in [6.45, 7) is 0.498. The van der Waals surface area contributed by atoms with Gasteiger partial charge in [0.05, 0.1) is 24.0 Å². The van der Waals surface area contributed by atoms with Gasteiger partial charge in [-0.15, -0.1) is 0 Å². The second kappa shape index (κ2) is 14.7. The Kier molecular flexibility index (Phi) is 10.6. The second-order valence-corrected chi connectivity index (χ2v) is 10.5. The number of para-hydroxylation sites is 2. The zero-order valence-corrected chi connectivity index (χ0v) is 24.3. The maximum atomic E-state index is 14.0. The molecule has 11 heteroatoms. The molecule has 3 N–H and O–H groups in total. The Morgan fingerprint density at radius 1 is 0.795 bits per heavy atom. The Morgan fingerprint density at radius 2 is 1.34 bits per heavy atom. The van der Waals surface area contributed by atoms with Crippen LogP contribution in [0.3, 0.4) is 0 Å². The van der Waals surface area contributed by atoms with E-state index in [0.717, 1.165) is 16.0 Å². The highest BCUT2D eigenvalue weighted by molar-refractivity contribution is 6.35. The molecule has 0 bridgehead atoms. The number of aliphatic carboxylic acids is 1. The molecule has 44 heavy (non-hydrogen) atoms. The van der Waals surface area contributed by atoms with E-state index in [1.807, 2.05) is 60.7 Å². The molecule has 0 saturated carbocycles. The van der Waals surface area contributed by atoms with Crippen molar-refractivity contribution in [1.82, 2.24) is 10.6 Å². The number of nitrogens with zero attached hydrogens (tertiary/aromatic N) is 2. The van der Waals surface area contributed by atoms with Crippen molar-refractivity contribution < 1.29 is 33.9 Å². The molecule has 0 aromatic heterocycles. The molecule has 3 aromatic rings. The first-order valence-corrected chi connectivity index (χ1v) is 14.3. The zero-order chi connectivity index (χ0) is 31.6. The van der Waals surface area contributed by atoms with Gasteiger partial charge in [0.2, 0.25) is 17.7 Å². The summed E-state index contributed by atoms with van der Waals surface area (Å²) >= 11 is 0. The highest BCUT2D eigenvalue weighted by atomic mass is 16.4. The van der Waals surface area contributed by atoms with Gasteiger partial charge in [0, 0.05) is 12.8 Å². The number of hydrogen-bond acceptors (Lipinski definition) is 6. The predicted molar refractivity (Wildman–Crippen MR) is 163 cm³/mol. The summed E-state index contributed by atoms with van der Waals surface area (Å²) in [5.41, 5.74) is 2.55. The lowest BCUT2D eigenvalue weighted by Gasteiger charge is -2.25. The molecule has 1 unspecified atom stereocenters. The third kappa shape index (κ3) is 8.15. The number of ketones is 1. The van der Waals surface area contributed by atoms with Crippen LogP contribution in [0.25, 0.3) is 0 Å². The quantitative estimate of drug-likeness (QED) is 0.270. The number of aryl methyl sites for hydroxylation is 2. The van der Waals surface area contributed by atoms with E-state index in [4.69, 9.17) is 5.11 Å². The average Bonchev–Trinajstić information content (AvgIpc) is 3.14. The van der Waals surface area contributed by atoms with E-state index in [2.05, 4.69) is 10.6 Å². The topological polar surface area (TPSA) is 153 Å². The number of nitrogens with one attached hydrogen (secondary N) is 2. The lowest BCUT2D eigenvalue weighted by molar-refractivity contribution is -0.150. The van der Waals surface area contributed by atoms with Crippen LogP contribution in [-0.4, -0.2) is 65.7 Å². The molecule has 4 rings (SSSR count). The van der Waals surface area contributed by atoms with E-state index < -0.39 is 48.1 Å². The standard InChI is InChI=1S/C33H34N4O7/c1-22(31(41)33(43)44)34-29(39)21-37-27-15-9-8-14-26(27)36(30(40)19-17-24-12-6-3-7-13-24)20-25(32(37)42)35-28(38)18-16-23-10-4-2-5-11-23/h2-15,22,25H,16-21H2,1H3,(H,34,39)(H,35,38)(H,43,44)/t22?,25-/m0/s1. The monoisotopic (exact) mass is 598 g/mol. The molecule has 2 atom stereocenters. The molecule has 1 aliphatic rings. The minimum Gasteiger partial charge on any atom is -0.475 e.